The molecular weight excluding hydrogens is 332 g/mol. The third kappa shape index (κ3) is 4.95. The summed E-state index contributed by atoms with van der Waals surface area (Å²) in [4.78, 5) is 2.48. The van der Waals surface area contributed by atoms with Crippen molar-refractivity contribution in [1.82, 2.24) is 10.2 Å². The highest BCUT2D eigenvalue weighted by Gasteiger charge is 2.26. The van der Waals surface area contributed by atoms with Crippen LogP contribution in [0.25, 0.3) is 0 Å². The third-order valence-electron chi connectivity index (χ3n) is 4.01. The van der Waals surface area contributed by atoms with Crippen molar-refractivity contribution in [1.29, 1.82) is 0 Å². The van der Waals surface area contributed by atoms with Crippen molar-refractivity contribution in [2.24, 2.45) is 0 Å². The van der Waals surface area contributed by atoms with E-state index < -0.39 is 0 Å². The lowest BCUT2D eigenvalue weighted by Gasteiger charge is -2.35. The number of nitrogens with one attached hydrogen (secondary N) is 1. The van der Waals surface area contributed by atoms with Crippen molar-refractivity contribution in [3.8, 4) is 5.75 Å². The van der Waals surface area contributed by atoms with Crippen LogP contribution in [0.1, 0.15) is 12.8 Å². The van der Waals surface area contributed by atoms with Crippen LogP contribution in [0.4, 0.5) is 0 Å². The molecule has 0 amide bonds. The number of benzene rings is 1. The van der Waals surface area contributed by atoms with Gasteiger partial charge in [0.25, 0.3) is 0 Å². The van der Waals surface area contributed by atoms with Gasteiger partial charge in [0.15, 0.2) is 0 Å². The minimum Gasteiger partial charge on any atom is -0.492 e. The predicted octanol–water partition coefficient (Wildman–Crippen LogP) is 2.28. The Balaban J connectivity index is 1.43. The van der Waals surface area contributed by atoms with Crippen LogP contribution in [0.3, 0.4) is 0 Å². The highest BCUT2D eigenvalue weighted by molar-refractivity contribution is 9.10. The zero-order valence-corrected chi connectivity index (χ0v) is 13.8. The zero-order chi connectivity index (χ0) is 14.5. The summed E-state index contributed by atoms with van der Waals surface area (Å²) >= 11 is 3.46. The molecule has 0 aromatic heterocycles. The second-order valence-corrected chi connectivity index (χ2v) is 6.67. The lowest BCUT2D eigenvalue weighted by atomic mass is 10.2. The van der Waals surface area contributed by atoms with E-state index in [4.69, 9.17) is 9.47 Å². The topological polar surface area (TPSA) is 33.7 Å². The summed E-state index contributed by atoms with van der Waals surface area (Å²) < 4.78 is 12.5. The maximum atomic E-state index is 5.84. The van der Waals surface area contributed by atoms with Gasteiger partial charge in [-0.25, -0.2) is 0 Å². The molecule has 1 atom stereocenters. The third-order valence-corrected chi connectivity index (χ3v) is 4.51. The molecule has 1 saturated carbocycles. The first-order valence-corrected chi connectivity index (χ1v) is 8.54. The molecule has 0 bridgehead atoms. The molecule has 1 N–H and O–H groups in total. The van der Waals surface area contributed by atoms with E-state index in [2.05, 4.69) is 26.1 Å². The van der Waals surface area contributed by atoms with Gasteiger partial charge in [-0.15, -0.1) is 0 Å². The number of hydrogen-bond acceptors (Lipinski definition) is 4. The molecule has 2 aliphatic rings. The van der Waals surface area contributed by atoms with E-state index in [-0.39, 0.29) is 0 Å². The van der Waals surface area contributed by atoms with E-state index in [0.29, 0.717) is 6.04 Å². The van der Waals surface area contributed by atoms with Gasteiger partial charge < -0.3 is 14.8 Å². The number of rotatable bonds is 7. The van der Waals surface area contributed by atoms with Gasteiger partial charge in [-0.05, 0) is 31.0 Å². The molecule has 3 rings (SSSR count). The van der Waals surface area contributed by atoms with Crippen LogP contribution in [-0.2, 0) is 4.74 Å². The van der Waals surface area contributed by atoms with Gasteiger partial charge in [0.2, 0.25) is 0 Å². The van der Waals surface area contributed by atoms with Gasteiger partial charge in [0.05, 0.1) is 13.2 Å². The molecule has 4 nitrogen and oxygen atoms in total. The smallest absolute Gasteiger partial charge is 0.120 e. The Morgan fingerprint density at radius 1 is 1.38 bits per heavy atom. The Morgan fingerprint density at radius 2 is 2.29 bits per heavy atom. The van der Waals surface area contributed by atoms with Gasteiger partial charge in [0, 0.05) is 36.2 Å². The van der Waals surface area contributed by atoms with Crippen LogP contribution in [-0.4, -0.2) is 56.4 Å². The standard InChI is InChI=1S/C16H23BrN2O2/c17-13-2-1-3-16(10-13)21-9-7-19-6-8-20-12-15(19)11-18-14-4-5-14/h1-3,10,14-15,18H,4-9,11-12H2. The van der Waals surface area contributed by atoms with Gasteiger partial charge in [-0.1, -0.05) is 22.0 Å². The van der Waals surface area contributed by atoms with Gasteiger partial charge in [-0.2, -0.15) is 0 Å². The summed E-state index contributed by atoms with van der Waals surface area (Å²) in [5.41, 5.74) is 0. The predicted molar refractivity (Wildman–Crippen MR) is 86.8 cm³/mol. The number of hydrogen-bond donors (Lipinski definition) is 1. The molecule has 1 aromatic rings. The van der Waals surface area contributed by atoms with E-state index >= 15 is 0 Å². The van der Waals surface area contributed by atoms with Crippen molar-refractivity contribution in [2.75, 3.05) is 39.5 Å². The number of morpholine rings is 1. The SMILES string of the molecule is Brc1cccc(OCCN2CCOCC2CNC2CC2)c1. The summed E-state index contributed by atoms with van der Waals surface area (Å²) in [5.74, 6) is 0.922. The van der Waals surface area contributed by atoms with E-state index in [1.807, 2.05) is 24.3 Å². The second-order valence-electron chi connectivity index (χ2n) is 5.75. The van der Waals surface area contributed by atoms with E-state index in [1.54, 1.807) is 0 Å². The van der Waals surface area contributed by atoms with Crippen molar-refractivity contribution in [3.63, 3.8) is 0 Å². The number of halogens is 1. The molecule has 116 valence electrons. The molecule has 2 fully saturated rings. The molecular formula is C16H23BrN2O2. The summed E-state index contributed by atoms with van der Waals surface area (Å²) in [6.07, 6.45) is 2.67. The van der Waals surface area contributed by atoms with Crippen LogP contribution in [0.5, 0.6) is 5.75 Å². The van der Waals surface area contributed by atoms with Crippen LogP contribution in [0, 0.1) is 0 Å². The van der Waals surface area contributed by atoms with Gasteiger partial charge >= 0.3 is 0 Å². The van der Waals surface area contributed by atoms with Crippen molar-refractivity contribution in [3.05, 3.63) is 28.7 Å². The fourth-order valence-corrected chi connectivity index (χ4v) is 2.98. The van der Waals surface area contributed by atoms with Crippen LogP contribution in [0.15, 0.2) is 28.7 Å². The number of ether oxygens (including phenoxy) is 2. The molecule has 1 aliphatic heterocycles. The molecule has 1 aromatic carbocycles. The van der Waals surface area contributed by atoms with Gasteiger partial charge in [0.1, 0.15) is 12.4 Å². The second kappa shape index (κ2) is 7.58. The monoisotopic (exact) mass is 354 g/mol. The maximum Gasteiger partial charge on any atom is 0.120 e. The zero-order valence-electron chi connectivity index (χ0n) is 12.3. The van der Waals surface area contributed by atoms with E-state index in [0.717, 1.165) is 55.7 Å². The van der Waals surface area contributed by atoms with Crippen molar-refractivity contribution in [2.45, 2.75) is 24.9 Å². The fraction of sp³-hybridized carbons (Fsp3) is 0.625. The Bertz CT molecular complexity index is 454. The Labute approximate surface area is 134 Å². The fourth-order valence-electron chi connectivity index (χ4n) is 2.60. The quantitative estimate of drug-likeness (QED) is 0.814. The minimum atomic E-state index is 0.477. The van der Waals surface area contributed by atoms with E-state index in [1.165, 1.54) is 12.8 Å². The first-order chi connectivity index (χ1) is 10.3. The van der Waals surface area contributed by atoms with Crippen LogP contribution < -0.4 is 10.1 Å². The summed E-state index contributed by atoms with van der Waals surface area (Å²) in [6.45, 7) is 5.36. The summed E-state index contributed by atoms with van der Waals surface area (Å²) in [6, 6.07) is 9.24. The molecule has 0 spiro atoms. The van der Waals surface area contributed by atoms with Crippen molar-refractivity contribution < 1.29 is 9.47 Å². The first-order valence-electron chi connectivity index (χ1n) is 7.75. The summed E-state index contributed by atoms with van der Waals surface area (Å²) in [7, 11) is 0. The lowest BCUT2D eigenvalue weighted by molar-refractivity contribution is -0.0116. The molecule has 1 heterocycles. The first kappa shape index (κ1) is 15.3. The Kier molecular flexibility index (Phi) is 5.52. The minimum absolute atomic E-state index is 0.477. The summed E-state index contributed by atoms with van der Waals surface area (Å²) in [5, 5.41) is 3.60. The molecule has 1 saturated heterocycles. The molecule has 1 aliphatic carbocycles. The highest BCUT2D eigenvalue weighted by Crippen LogP contribution is 2.19. The Morgan fingerprint density at radius 3 is 3.10 bits per heavy atom. The van der Waals surface area contributed by atoms with Gasteiger partial charge in [-0.3, -0.25) is 4.90 Å². The number of nitrogens with zero attached hydrogens (tertiary/aromatic N) is 1. The average molecular weight is 355 g/mol. The van der Waals surface area contributed by atoms with Crippen molar-refractivity contribution >= 4 is 15.9 Å². The van der Waals surface area contributed by atoms with E-state index in [9.17, 15) is 0 Å². The van der Waals surface area contributed by atoms with Crippen LogP contribution in [0.2, 0.25) is 0 Å². The maximum absolute atomic E-state index is 5.84. The lowest BCUT2D eigenvalue weighted by Crippen LogP contribution is -2.51. The Hall–Kier alpha value is -0.620. The average Bonchev–Trinajstić information content (AvgIpc) is 3.31. The molecule has 21 heavy (non-hydrogen) atoms. The normalized spacial score (nSPS) is 23.2. The largest absolute Gasteiger partial charge is 0.492 e. The molecule has 5 heteroatoms. The molecule has 0 radical (unpaired) electrons. The van der Waals surface area contributed by atoms with Crippen LogP contribution >= 0.6 is 15.9 Å². The highest BCUT2D eigenvalue weighted by atomic mass is 79.9. The molecule has 1 unspecified atom stereocenters.